The molecule has 0 saturated carbocycles. The van der Waals surface area contributed by atoms with Gasteiger partial charge >= 0.3 is 0 Å². The number of rotatable bonds is 15. The van der Waals surface area contributed by atoms with E-state index in [0.29, 0.717) is 11.8 Å². The van der Waals surface area contributed by atoms with Crippen molar-refractivity contribution in [1.29, 1.82) is 0 Å². The fraction of sp³-hybridized carbons (Fsp3) is 0.538. The monoisotopic (exact) mass is 452 g/mol. The minimum Gasteiger partial charge on any atom is -0.347 e. The zero-order chi connectivity index (χ0) is 23.7. The van der Waals surface area contributed by atoms with E-state index in [2.05, 4.69) is 33.6 Å². The van der Waals surface area contributed by atoms with E-state index in [4.69, 9.17) is 0 Å². The van der Waals surface area contributed by atoms with Gasteiger partial charge in [-0.1, -0.05) is 89.3 Å². The molecule has 7 nitrogen and oxygen atoms in total. The molecule has 0 atom stereocenters. The maximum Gasteiger partial charge on any atom is 0.287 e. The predicted molar refractivity (Wildman–Crippen MR) is 130 cm³/mol. The summed E-state index contributed by atoms with van der Waals surface area (Å²) < 4.78 is 0. The summed E-state index contributed by atoms with van der Waals surface area (Å²) in [5, 5.41) is 7.65. The van der Waals surface area contributed by atoms with E-state index in [1.165, 1.54) is 51.4 Å². The number of hydrogen-bond donors (Lipinski definition) is 2. The highest BCUT2D eigenvalue weighted by atomic mass is 16.2. The Balaban J connectivity index is 1.55. The first-order valence-corrected chi connectivity index (χ1v) is 12.2. The molecule has 2 rings (SSSR count). The number of fused-ring (bicyclic) bond motifs is 1. The van der Waals surface area contributed by atoms with Crippen molar-refractivity contribution in [2.75, 3.05) is 6.54 Å². The lowest BCUT2D eigenvalue weighted by atomic mass is 10.1. The Labute approximate surface area is 196 Å². The Morgan fingerprint density at radius 3 is 2.24 bits per heavy atom. The molecule has 0 unspecified atom stereocenters. The lowest BCUT2D eigenvalue weighted by Crippen LogP contribution is -2.34. The molecule has 1 aromatic carbocycles. The Hall–Kier alpha value is -3.05. The van der Waals surface area contributed by atoms with Gasteiger partial charge in [-0.05, 0) is 18.6 Å². The third kappa shape index (κ3) is 10.9. The van der Waals surface area contributed by atoms with Crippen LogP contribution in [0.25, 0.3) is 6.08 Å². The topological polar surface area (TPSA) is 100.0 Å². The SMILES string of the molecule is CCCCCCCCCCCCCC(=O)NCC(=O)NN=C=C1C=c2ccccc2=NC1=O. The van der Waals surface area contributed by atoms with Gasteiger partial charge < -0.3 is 5.32 Å². The van der Waals surface area contributed by atoms with Crippen LogP contribution in [-0.2, 0) is 14.4 Å². The molecule has 33 heavy (non-hydrogen) atoms. The minimum atomic E-state index is -0.476. The Morgan fingerprint density at radius 1 is 0.909 bits per heavy atom. The largest absolute Gasteiger partial charge is 0.347 e. The summed E-state index contributed by atoms with van der Waals surface area (Å²) in [6, 6.07) is 7.23. The van der Waals surface area contributed by atoms with E-state index in [0.717, 1.165) is 24.5 Å². The van der Waals surface area contributed by atoms with Crippen molar-refractivity contribution in [3.63, 3.8) is 0 Å². The number of amides is 3. The molecular formula is C26H36N4O3. The summed E-state index contributed by atoms with van der Waals surface area (Å²) in [5.74, 6) is 1.42. The molecule has 0 aromatic heterocycles. The standard InChI is InChI=1S/C26H36N4O3/c1-2-3-4-5-6-7-8-9-10-11-12-17-24(31)27-20-25(32)30-28-19-22-18-21-15-13-14-16-23(21)29-26(22)33/h13-16,18H,2-12,17,20H2,1H3,(H,27,31)(H,30,32). The minimum absolute atomic E-state index is 0.144. The van der Waals surface area contributed by atoms with E-state index in [1.54, 1.807) is 18.2 Å². The molecular weight excluding hydrogens is 416 g/mol. The van der Waals surface area contributed by atoms with Crippen LogP contribution in [0.1, 0.15) is 84.0 Å². The van der Waals surface area contributed by atoms with Crippen molar-refractivity contribution in [1.82, 2.24) is 10.7 Å². The van der Waals surface area contributed by atoms with E-state index >= 15 is 0 Å². The van der Waals surface area contributed by atoms with Crippen LogP contribution in [0.4, 0.5) is 0 Å². The normalized spacial score (nSPS) is 12.2. The second-order valence-corrected chi connectivity index (χ2v) is 8.35. The zero-order valence-corrected chi connectivity index (χ0v) is 19.7. The molecule has 3 amide bonds. The highest BCUT2D eigenvalue weighted by molar-refractivity contribution is 6.10. The number of nitrogens with zero attached hydrogens (tertiary/aromatic N) is 2. The molecule has 0 bridgehead atoms. The van der Waals surface area contributed by atoms with Gasteiger partial charge in [-0.3, -0.25) is 14.4 Å². The fourth-order valence-corrected chi connectivity index (χ4v) is 3.59. The first-order valence-electron chi connectivity index (χ1n) is 12.2. The molecule has 0 fully saturated rings. The average molecular weight is 453 g/mol. The molecule has 1 heterocycles. The summed E-state index contributed by atoms with van der Waals surface area (Å²) in [5.41, 5.74) is 2.43. The maximum absolute atomic E-state index is 12.0. The number of carbonyl (C=O) groups is 3. The van der Waals surface area contributed by atoms with Gasteiger partial charge in [0.1, 0.15) is 5.57 Å². The number of hydrazone groups is 1. The number of benzene rings is 1. The van der Waals surface area contributed by atoms with Crippen LogP contribution in [0.15, 0.2) is 39.9 Å². The summed E-state index contributed by atoms with van der Waals surface area (Å²) in [4.78, 5) is 39.6. The molecule has 0 saturated heterocycles. The summed E-state index contributed by atoms with van der Waals surface area (Å²) in [7, 11) is 0. The van der Waals surface area contributed by atoms with Gasteiger partial charge in [-0.25, -0.2) is 10.4 Å². The van der Waals surface area contributed by atoms with Crippen LogP contribution < -0.4 is 21.3 Å². The van der Waals surface area contributed by atoms with E-state index in [-0.39, 0.29) is 18.0 Å². The van der Waals surface area contributed by atoms with Gasteiger partial charge in [0.05, 0.1) is 11.9 Å². The van der Waals surface area contributed by atoms with Gasteiger partial charge in [0, 0.05) is 17.5 Å². The smallest absolute Gasteiger partial charge is 0.287 e. The van der Waals surface area contributed by atoms with Crippen LogP contribution in [0.2, 0.25) is 0 Å². The van der Waals surface area contributed by atoms with E-state index in [9.17, 15) is 14.4 Å². The third-order valence-electron chi connectivity index (χ3n) is 5.50. The van der Waals surface area contributed by atoms with Crippen molar-refractivity contribution in [2.45, 2.75) is 84.0 Å². The Kier molecular flexibility index (Phi) is 12.5. The molecule has 0 aliphatic carbocycles. The number of hydrogen-bond acceptors (Lipinski definition) is 4. The van der Waals surface area contributed by atoms with Crippen molar-refractivity contribution in [3.05, 3.63) is 40.4 Å². The lowest BCUT2D eigenvalue weighted by molar-refractivity contribution is -0.126. The number of unbranched alkanes of at least 4 members (excludes halogenated alkanes) is 10. The predicted octanol–water partition coefficient (Wildman–Crippen LogP) is 3.07. The van der Waals surface area contributed by atoms with Crippen molar-refractivity contribution in [2.24, 2.45) is 10.1 Å². The lowest BCUT2D eigenvalue weighted by Gasteiger charge is -2.04. The van der Waals surface area contributed by atoms with Crippen LogP contribution >= 0.6 is 0 Å². The summed E-state index contributed by atoms with van der Waals surface area (Å²) in [6.07, 6.45) is 15.6. The van der Waals surface area contributed by atoms with Crippen LogP contribution in [-0.4, -0.2) is 30.1 Å². The van der Waals surface area contributed by atoms with Crippen LogP contribution in [0.3, 0.4) is 0 Å². The molecule has 7 heteroatoms. The molecule has 0 radical (unpaired) electrons. The number of para-hydroxylation sites is 1. The number of carbonyl (C=O) groups excluding carboxylic acids is 3. The van der Waals surface area contributed by atoms with Crippen molar-refractivity contribution in [3.8, 4) is 0 Å². The van der Waals surface area contributed by atoms with Crippen molar-refractivity contribution >= 4 is 29.7 Å². The van der Waals surface area contributed by atoms with Gasteiger partial charge in [0.2, 0.25) is 5.91 Å². The first-order chi connectivity index (χ1) is 16.1. The second-order valence-electron chi connectivity index (χ2n) is 8.35. The Bertz CT molecular complexity index is 977. The van der Waals surface area contributed by atoms with Gasteiger partial charge in [-0.2, -0.15) is 0 Å². The maximum atomic E-state index is 12.0. The Morgan fingerprint density at radius 2 is 1.55 bits per heavy atom. The number of nitrogens with one attached hydrogen (secondary N) is 2. The highest BCUT2D eigenvalue weighted by Crippen LogP contribution is 2.11. The average Bonchev–Trinajstić information content (AvgIpc) is 2.81. The highest BCUT2D eigenvalue weighted by Gasteiger charge is 2.10. The molecule has 1 aliphatic heterocycles. The zero-order valence-electron chi connectivity index (χ0n) is 19.7. The van der Waals surface area contributed by atoms with E-state index in [1.807, 2.05) is 12.1 Å². The van der Waals surface area contributed by atoms with Gasteiger partial charge in [0.25, 0.3) is 11.8 Å². The quantitative estimate of drug-likeness (QED) is 0.185. The van der Waals surface area contributed by atoms with Crippen LogP contribution in [0.5, 0.6) is 0 Å². The van der Waals surface area contributed by atoms with Crippen LogP contribution in [0, 0.1) is 0 Å². The molecule has 178 valence electrons. The molecule has 1 aliphatic rings. The van der Waals surface area contributed by atoms with E-state index < -0.39 is 11.8 Å². The summed E-state index contributed by atoms with van der Waals surface area (Å²) >= 11 is 0. The second kappa shape index (κ2) is 15.7. The first kappa shape index (κ1) is 26.2. The molecule has 1 aromatic rings. The van der Waals surface area contributed by atoms with Gasteiger partial charge in [-0.15, -0.1) is 5.10 Å². The molecule has 0 spiro atoms. The molecule has 2 N–H and O–H groups in total. The summed E-state index contributed by atoms with van der Waals surface area (Å²) in [6.45, 7) is 2.07. The fourth-order valence-electron chi connectivity index (χ4n) is 3.59. The van der Waals surface area contributed by atoms with Crippen molar-refractivity contribution < 1.29 is 14.4 Å². The third-order valence-corrected chi connectivity index (χ3v) is 5.50. The van der Waals surface area contributed by atoms with Gasteiger partial charge in [0.15, 0.2) is 0 Å².